The summed E-state index contributed by atoms with van der Waals surface area (Å²) in [6, 6.07) is 13.3. The molecule has 8 heteroatoms. The molecular weight excluding hydrogens is 365 g/mol. The Kier molecular flexibility index (Phi) is 4.42. The molecular formula is C15H11BrFN5O. The van der Waals surface area contributed by atoms with Crippen LogP contribution in [-0.4, -0.2) is 26.1 Å². The van der Waals surface area contributed by atoms with E-state index in [4.69, 9.17) is 0 Å². The molecule has 23 heavy (non-hydrogen) atoms. The molecule has 1 N–H and O–H groups in total. The Morgan fingerprint density at radius 3 is 2.65 bits per heavy atom. The van der Waals surface area contributed by atoms with Crippen LogP contribution >= 0.6 is 15.9 Å². The largest absolute Gasteiger partial charge is 0.322 e. The van der Waals surface area contributed by atoms with Gasteiger partial charge in [0.2, 0.25) is 11.7 Å². The smallest absolute Gasteiger partial charge is 0.248 e. The number of rotatable bonds is 4. The lowest BCUT2D eigenvalue weighted by Crippen LogP contribution is -2.21. The van der Waals surface area contributed by atoms with Crippen LogP contribution in [0, 0.1) is 5.82 Å². The highest BCUT2D eigenvalue weighted by molar-refractivity contribution is 9.10. The van der Waals surface area contributed by atoms with Gasteiger partial charge in [0, 0.05) is 10.0 Å². The van der Waals surface area contributed by atoms with Crippen molar-refractivity contribution < 1.29 is 9.18 Å². The highest BCUT2D eigenvalue weighted by Gasteiger charge is 2.11. The molecule has 3 rings (SSSR count). The number of benzene rings is 2. The van der Waals surface area contributed by atoms with Crippen molar-refractivity contribution in [3.05, 3.63) is 58.8 Å². The Hall–Kier alpha value is -2.61. The molecule has 0 aliphatic heterocycles. The van der Waals surface area contributed by atoms with Gasteiger partial charge in [-0.05, 0) is 41.6 Å². The summed E-state index contributed by atoms with van der Waals surface area (Å²) in [6.07, 6.45) is 0. The molecule has 0 atom stereocenters. The zero-order valence-electron chi connectivity index (χ0n) is 11.8. The number of tetrazole rings is 1. The van der Waals surface area contributed by atoms with Gasteiger partial charge < -0.3 is 5.32 Å². The van der Waals surface area contributed by atoms with Crippen molar-refractivity contribution in [2.45, 2.75) is 6.54 Å². The van der Waals surface area contributed by atoms with Gasteiger partial charge in [0.15, 0.2) is 0 Å². The van der Waals surface area contributed by atoms with Crippen LogP contribution in [0.4, 0.5) is 10.1 Å². The summed E-state index contributed by atoms with van der Waals surface area (Å²) in [7, 11) is 0. The first-order valence-corrected chi connectivity index (χ1v) is 7.49. The number of anilines is 1. The Bertz CT molecular complexity index is 834. The van der Waals surface area contributed by atoms with Crippen LogP contribution in [0.1, 0.15) is 0 Å². The van der Waals surface area contributed by atoms with Crippen molar-refractivity contribution in [3.63, 3.8) is 0 Å². The minimum absolute atomic E-state index is 0.116. The van der Waals surface area contributed by atoms with E-state index >= 15 is 0 Å². The number of carbonyl (C=O) groups excluding carboxylic acids is 1. The Labute approximate surface area is 139 Å². The summed E-state index contributed by atoms with van der Waals surface area (Å²) >= 11 is 3.35. The molecule has 1 aromatic heterocycles. The Morgan fingerprint density at radius 1 is 1.17 bits per heavy atom. The lowest BCUT2D eigenvalue weighted by Gasteiger charge is -2.04. The molecule has 3 aromatic rings. The number of carbonyl (C=O) groups is 1. The summed E-state index contributed by atoms with van der Waals surface area (Å²) in [6.45, 7) is -0.155. The predicted octanol–water partition coefficient (Wildman–Crippen LogP) is 2.88. The summed E-state index contributed by atoms with van der Waals surface area (Å²) < 4.78 is 14.4. The maximum absolute atomic E-state index is 13.5. The zero-order valence-corrected chi connectivity index (χ0v) is 13.4. The molecule has 1 heterocycles. The van der Waals surface area contributed by atoms with Crippen LogP contribution in [0.2, 0.25) is 0 Å². The molecule has 2 aromatic carbocycles. The van der Waals surface area contributed by atoms with Gasteiger partial charge >= 0.3 is 0 Å². The van der Waals surface area contributed by atoms with Gasteiger partial charge in [0.1, 0.15) is 12.4 Å². The summed E-state index contributed by atoms with van der Waals surface area (Å²) in [5.41, 5.74) is 0.903. The van der Waals surface area contributed by atoms with Crippen molar-refractivity contribution in [1.29, 1.82) is 0 Å². The van der Waals surface area contributed by atoms with Gasteiger partial charge in [-0.1, -0.05) is 28.1 Å². The number of halogens is 2. The standard InChI is InChI=1S/C15H11BrFN5O/c16-11-7-5-10(6-8-11)15-19-21-22(20-15)9-14(23)18-13-4-2-1-3-12(13)17/h1-8H,9H2,(H,18,23). The second-order valence-corrected chi connectivity index (χ2v) is 5.59. The van der Waals surface area contributed by atoms with Crippen molar-refractivity contribution in [3.8, 4) is 11.4 Å². The van der Waals surface area contributed by atoms with E-state index in [1.54, 1.807) is 12.1 Å². The van der Waals surface area contributed by atoms with Crippen molar-refractivity contribution in [1.82, 2.24) is 20.2 Å². The fraction of sp³-hybridized carbons (Fsp3) is 0.0667. The minimum Gasteiger partial charge on any atom is -0.322 e. The number of amides is 1. The normalized spacial score (nSPS) is 10.5. The van der Waals surface area contributed by atoms with E-state index in [2.05, 4.69) is 36.7 Å². The van der Waals surface area contributed by atoms with E-state index in [0.717, 1.165) is 14.8 Å². The fourth-order valence-electron chi connectivity index (χ4n) is 1.91. The van der Waals surface area contributed by atoms with Gasteiger partial charge in [0.05, 0.1) is 5.69 Å². The van der Waals surface area contributed by atoms with Crippen LogP contribution < -0.4 is 5.32 Å². The predicted molar refractivity (Wildman–Crippen MR) is 86.0 cm³/mol. The van der Waals surface area contributed by atoms with E-state index in [9.17, 15) is 9.18 Å². The number of nitrogens with one attached hydrogen (secondary N) is 1. The topological polar surface area (TPSA) is 72.7 Å². The molecule has 0 fully saturated rings. The molecule has 0 spiro atoms. The van der Waals surface area contributed by atoms with Gasteiger partial charge in [0.25, 0.3) is 0 Å². The van der Waals surface area contributed by atoms with Crippen LogP contribution in [0.5, 0.6) is 0 Å². The van der Waals surface area contributed by atoms with E-state index in [0.29, 0.717) is 5.82 Å². The maximum atomic E-state index is 13.5. The lowest BCUT2D eigenvalue weighted by molar-refractivity contribution is -0.117. The second kappa shape index (κ2) is 6.66. The third kappa shape index (κ3) is 3.78. The summed E-state index contributed by atoms with van der Waals surface area (Å²) in [5, 5.41) is 14.3. The first-order valence-electron chi connectivity index (χ1n) is 6.70. The number of hydrogen-bond donors (Lipinski definition) is 1. The average Bonchev–Trinajstić information content (AvgIpc) is 2.98. The number of para-hydroxylation sites is 1. The molecule has 6 nitrogen and oxygen atoms in total. The first-order chi connectivity index (χ1) is 11.1. The third-order valence-corrected chi connectivity index (χ3v) is 3.52. The second-order valence-electron chi connectivity index (χ2n) is 4.68. The molecule has 0 radical (unpaired) electrons. The quantitative estimate of drug-likeness (QED) is 0.760. The number of aromatic nitrogens is 4. The van der Waals surface area contributed by atoms with Crippen molar-refractivity contribution in [2.24, 2.45) is 0 Å². The highest BCUT2D eigenvalue weighted by atomic mass is 79.9. The van der Waals surface area contributed by atoms with Crippen LogP contribution in [-0.2, 0) is 11.3 Å². The van der Waals surface area contributed by atoms with Gasteiger partial charge in [-0.25, -0.2) is 4.39 Å². The first kappa shape index (κ1) is 15.3. The van der Waals surface area contributed by atoms with Gasteiger partial charge in [-0.3, -0.25) is 4.79 Å². The SMILES string of the molecule is O=C(Cn1nnc(-c2ccc(Br)cc2)n1)Nc1ccccc1F. The minimum atomic E-state index is -0.497. The molecule has 0 unspecified atom stereocenters. The van der Waals surface area contributed by atoms with Gasteiger partial charge in [-0.2, -0.15) is 4.80 Å². The van der Waals surface area contributed by atoms with E-state index in [1.165, 1.54) is 12.1 Å². The summed E-state index contributed by atoms with van der Waals surface area (Å²) in [4.78, 5) is 13.1. The van der Waals surface area contributed by atoms with Crippen LogP contribution in [0.25, 0.3) is 11.4 Å². The van der Waals surface area contributed by atoms with E-state index in [1.807, 2.05) is 24.3 Å². The fourth-order valence-corrected chi connectivity index (χ4v) is 2.17. The molecule has 0 aliphatic carbocycles. The third-order valence-electron chi connectivity index (χ3n) is 2.99. The van der Waals surface area contributed by atoms with Crippen LogP contribution in [0.15, 0.2) is 53.0 Å². The van der Waals surface area contributed by atoms with Crippen molar-refractivity contribution in [2.75, 3.05) is 5.32 Å². The molecule has 0 aliphatic rings. The van der Waals surface area contributed by atoms with E-state index in [-0.39, 0.29) is 12.2 Å². The van der Waals surface area contributed by atoms with Gasteiger partial charge in [-0.15, -0.1) is 10.2 Å². The molecule has 1 amide bonds. The van der Waals surface area contributed by atoms with E-state index < -0.39 is 11.7 Å². The molecule has 0 saturated carbocycles. The zero-order chi connectivity index (χ0) is 16.2. The number of nitrogens with zero attached hydrogens (tertiary/aromatic N) is 4. The molecule has 0 saturated heterocycles. The number of hydrogen-bond acceptors (Lipinski definition) is 4. The van der Waals surface area contributed by atoms with Crippen molar-refractivity contribution >= 4 is 27.5 Å². The molecule has 0 bridgehead atoms. The molecule has 116 valence electrons. The Morgan fingerprint density at radius 2 is 1.91 bits per heavy atom. The lowest BCUT2D eigenvalue weighted by atomic mass is 10.2. The maximum Gasteiger partial charge on any atom is 0.248 e. The van der Waals surface area contributed by atoms with Crippen LogP contribution in [0.3, 0.4) is 0 Å². The summed E-state index contributed by atoms with van der Waals surface area (Å²) in [5.74, 6) is -0.519. The monoisotopic (exact) mass is 375 g/mol. The highest BCUT2D eigenvalue weighted by Crippen LogP contribution is 2.17. The Balaban J connectivity index is 1.68. The average molecular weight is 376 g/mol.